The third kappa shape index (κ3) is 5.04. The molecule has 2 fully saturated rings. The van der Waals surface area contributed by atoms with E-state index in [9.17, 15) is 9.59 Å². The molecule has 2 aromatic rings. The van der Waals surface area contributed by atoms with Crippen molar-refractivity contribution >= 4 is 17.6 Å². The fourth-order valence-corrected chi connectivity index (χ4v) is 5.15. The first kappa shape index (κ1) is 23.3. The Balaban J connectivity index is 1.32. The molecule has 2 aromatic carbocycles. The molecular weight excluding hydrogens is 416 g/mol. The molecule has 7 nitrogen and oxygen atoms in total. The van der Waals surface area contributed by atoms with Crippen molar-refractivity contribution in [3.63, 3.8) is 0 Å². The summed E-state index contributed by atoms with van der Waals surface area (Å²) in [4.78, 5) is 28.5. The molecular formula is C26H34N4O3. The number of hydrogen-bond acceptors (Lipinski definition) is 5. The van der Waals surface area contributed by atoms with Crippen molar-refractivity contribution in [2.24, 2.45) is 5.92 Å². The summed E-state index contributed by atoms with van der Waals surface area (Å²) >= 11 is 0. The number of carboxylic acids is 1. The van der Waals surface area contributed by atoms with E-state index in [1.807, 2.05) is 35.2 Å². The zero-order valence-corrected chi connectivity index (χ0v) is 19.5. The molecule has 2 saturated heterocycles. The van der Waals surface area contributed by atoms with E-state index >= 15 is 0 Å². The first-order valence-corrected chi connectivity index (χ1v) is 11.7. The van der Waals surface area contributed by atoms with Crippen LogP contribution in [0.1, 0.15) is 35.2 Å². The van der Waals surface area contributed by atoms with E-state index < -0.39 is 12.0 Å². The fraction of sp³-hybridized carbons (Fsp3) is 0.462. The first-order valence-electron chi connectivity index (χ1n) is 11.7. The van der Waals surface area contributed by atoms with Gasteiger partial charge in [-0.05, 0) is 69.1 Å². The van der Waals surface area contributed by atoms with Crippen LogP contribution in [-0.2, 0) is 10.3 Å². The molecule has 0 saturated carbocycles. The van der Waals surface area contributed by atoms with E-state index in [1.165, 1.54) is 5.56 Å². The number of carbonyl (C=O) groups excluding carboxylic acids is 1. The van der Waals surface area contributed by atoms with Gasteiger partial charge in [0.2, 0.25) is 0 Å². The van der Waals surface area contributed by atoms with Crippen LogP contribution >= 0.6 is 0 Å². The normalized spacial score (nSPS) is 22.3. The first-order chi connectivity index (χ1) is 15.9. The maximum Gasteiger partial charge on any atom is 0.320 e. The molecule has 2 heterocycles. The Bertz CT molecular complexity index is 953. The minimum Gasteiger partial charge on any atom is -0.480 e. The standard InChI is InChI=1S/C26H34N4O3/c1-29(2)26(21-6-4-3-5-7-21)12-14-30(15-13-26)24(31)20-8-10-22(11-9-20)27-17-19-16-23(25(32)33)28-18-19/h3-11,19,23,27-28H,12-18H2,1-2H3,(H,32,33)/t19-,23+/m1/s1. The van der Waals surface area contributed by atoms with Gasteiger partial charge in [-0.15, -0.1) is 0 Å². The Morgan fingerprint density at radius 3 is 2.33 bits per heavy atom. The molecule has 7 heteroatoms. The zero-order valence-electron chi connectivity index (χ0n) is 19.5. The van der Waals surface area contributed by atoms with Gasteiger partial charge in [-0.25, -0.2) is 0 Å². The number of aliphatic carboxylic acids is 1. The summed E-state index contributed by atoms with van der Waals surface area (Å²) in [5.74, 6) is -0.432. The summed E-state index contributed by atoms with van der Waals surface area (Å²) in [7, 11) is 4.25. The molecule has 0 unspecified atom stereocenters. The van der Waals surface area contributed by atoms with Gasteiger partial charge >= 0.3 is 5.97 Å². The molecule has 0 aromatic heterocycles. The van der Waals surface area contributed by atoms with E-state index in [0.717, 1.165) is 31.6 Å². The number of nitrogens with one attached hydrogen (secondary N) is 2. The molecule has 0 bridgehead atoms. The molecule has 2 atom stereocenters. The quantitative estimate of drug-likeness (QED) is 0.602. The van der Waals surface area contributed by atoms with Gasteiger partial charge in [0.15, 0.2) is 0 Å². The summed E-state index contributed by atoms with van der Waals surface area (Å²) < 4.78 is 0. The zero-order chi connectivity index (χ0) is 23.4. The summed E-state index contributed by atoms with van der Waals surface area (Å²) in [6, 6.07) is 17.8. The van der Waals surface area contributed by atoms with Crippen LogP contribution in [0.25, 0.3) is 0 Å². The molecule has 1 amide bonds. The second kappa shape index (κ2) is 9.93. The molecule has 4 rings (SSSR count). The van der Waals surface area contributed by atoms with Crippen LogP contribution in [-0.4, -0.2) is 73.1 Å². The second-order valence-corrected chi connectivity index (χ2v) is 9.44. The van der Waals surface area contributed by atoms with Crippen molar-refractivity contribution < 1.29 is 14.7 Å². The number of likely N-dealkylation sites (tertiary alicyclic amines) is 1. The van der Waals surface area contributed by atoms with Crippen LogP contribution in [0.15, 0.2) is 54.6 Å². The second-order valence-electron chi connectivity index (χ2n) is 9.44. The predicted molar refractivity (Wildman–Crippen MR) is 129 cm³/mol. The smallest absolute Gasteiger partial charge is 0.320 e. The van der Waals surface area contributed by atoms with Crippen molar-refractivity contribution in [1.29, 1.82) is 0 Å². The van der Waals surface area contributed by atoms with Gasteiger partial charge in [-0.1, -0.05) is 30.3 Å². The van der Waals surface area contributed by atoms with E-state index in [2.05, 4.69) is 53.9 Å². The highest BCUT2D eigenvalue weighted by Crippen LogP contribution is 2.37. The Labute approximate surface area is 195 Å². The Hall–Kier alpha value is -2.90. The van der Waals surface area contributed by atoms with Gasteiger partial charge in [0, 0.05) is 43.0 Å². The number of carbonyl (C=O) groups is 2. The average Bonchev–Trinajstić information content (AvgIpc) is 3.33. The van der Waals surface area contributed by atoms with E-state index in [-0.39, 0.29) is 17.4 Å². The van der Waals surface area contributed by atoms with Crippen molar-refractivity contribution in [2.45, 2.75) is 30.8 Å². The average molecular weight is 451 g/mol. The molecule has 176 valence electrons. The van der Waals surface area contributed by atoms with Crippen LogP contribution in [0.5, 0.6) is 0 Å². The Kier molecular flexibility index (Phi) is 7.00. The number of rotatable bonds is 7. The number of carboxylic acid groups (broad SMARTS) is 1. The third-order valence-corrected chi connectivity index (χ3v) is 7.29. The van der Waals surface area contributed by atoms with E-state index in [4.69, 9.17) is 5.11 Å². The van der Waals surface area contributed by atoms with Gasteiger partial charge in [0.05, 0.1) is 0 Å². The van der Waals surface area contributed by atoms with Gasteiger partial charge in [0.25, 0.3) is 5.91 Å². The molecule has 33 heavy (non-hydrogen) atoms. The molecule has 0 spiro atoms. The summed E-state index contributed by atoms with van der Waals surface area (Å²) in [6.07, 6.45) is 2.44. The lowest BCUT2D eigenvalue weighted by Crippen LogP contribution is -2.51. The highest BCUT2D eigenvalue weighted by atomic mass is 16.4. The number of nitrogens with zero attached hydrogens (tertiary/aromatic N) is 2. The largest absolute Gasteiger partial charge is 0.480 e. The van der Waals surface area contributed by atoms with Crippen molar-refractivity contribution in [2.75, 3.05) is 45.6 Å². The molecule has 2 aliphatic heterocycles. The summed E-state index contributed by atoms with van der Waals surface area (Å²) in [5.41, 5.74) is 2.91. The van der Waals surface area contributed by atoms with Crippen LogP contribution in [0.2, 0.25) is 0 Å². The lowest BCUT2D eigenvalue weighted by Gasteiger charge is -2.46. The summed E-state index contributed by atoms with van der Waals surface area (Å²) in [6.45, 7) is 2.87. The Morgan fingerprint density at radius 1 is 1.09 bits per heavy atom. The fourth-order valence-electron chi connectivity index (χ4n) is 5.15. The topological polar surface area (TPSA) is 84.9 Å². The van der Waals surface area contributed by atoms with Gasteiger partial charge in [0.1, 0.15) is 6.04 Å². The lowest BCUT2D eigenvalue weighted by atomic mass is 9.79. The minimum absolute atomic E-state index is 0.0411. The van der Waals surface area contributed by atoms with Gasteiger partial charge in [-0.2, -0.15) is 0 Å². The van der Waals surface area contributed by atoms with Crippen molar-refractivity contribution in [3.05, 3.63) is 65.7 Å². The maximum absolute atomic E-state index is 13.1. The number of piperidine rings is 1. The van der Waals surface area contributed by atoms with Gasteiger partial charge < -0.3 is 20.6 Å². The third-order valence-electron chi connectivity index (χ3n) is 7.29. The minimum atomic E-state index is -0.787. The Morgan fingerprint density at radius 2 is 1.76 bits per heavy atom. The van der Waals surface area contributed by atoms with Crippen LogP contribution in [0, 0.1) is 5.92 Å². The van der Waals surface area contributed by atoms with E-state index in [0.29, 0.717) is 25.1 Å². The molecule has 0 radical (unpaired) electrons. The number of anilines is 1. The monoisotopic (exact) mass is 450 g/mol. The number of benzene rings is 2. The van der Waals surface area contributed by atoms with Crippen molar-refractivity contribution in [3.8, 4) is 0 Å². The molecule has 2 aliphatic rings. The highest BCUT2D eigenvalue weighted by molar-refractivity contribution is 5.94. The molecule has 0 aliphatic carbocycles. The van der Waals surface area contributed by atoms with Gasteiger partial charge in [-0.3, -0.25) is 14.5 Å². The van der Waals surface area contributed by atoms with Crippen LogP contribution < -0.4 is 10.6 Å². The summed E-state index contributed by atoms with van der Waals surface area (Å²) in [5, 5.41) is 15.5. The number of amides is 1. The lowest BCUT2D eigenvalue weighted by molar-refractivity contribution is -0.139. The number of hydrogen-bond donors (Lipinski definition) is 3. The van der Waals surface area contributed by atoms with E-state index in [1.54, 1.807) is 0 Å². The highest BCUT2D eigenvalue weighted by Gasteiger charge is 2.39. The maximum atomic E-state index is 13.1. The van der Waals surface area contributed by atoms with Crippen molar-refractivity contribution in [1.82, 2.24) is 15.1 Å². The SMILES string of the molecule is CN(C)C1(c2ccccc2)CCN(C(=O)c2ccc(NC[C@@H]3CN[C@H](C(=O)O)C3)cc2)CC1. The van der Waals surface area contributed by atoms with Crippen LogP contribution in [0.3, 0.4) is 0 Å². The predicted octanol–water partition coefficient (Wildman–Crippen LogP) is 2.85. The molecule has 3 N–H and O–H groups in total. The van der Waals surface area contributed by atoms with Crippen LogP contribution in [0.4, 0.5) is 5.69 Å².